The molecule has 0 aliphatic carbocycles. The van der Waals surface area contributed by atoms with Gasteiger partial charge in [0, 0.05) is 45.8 Å². The topological polar surface area (TPSA) is 9.72 Å². The van der Waals surface area contributed by atoms with Crippen molar-refractivity contribution in [1.29, 1.82) is 0 Å². The summed E-state index contributed by atoms with van der Waals surface area (Å²) < 4.78 is 0. The summed E-state index contributed by atoms with van der Waals surface area (Å²) in [6.07, 6.45) is 0. The summed E-state index contributed by atoms with van der Waals surface area (Å²) in [6.45, 7) is 11.6. The van der Waals surface area contributed by atoms with Crippen molar-refractivity contribution in [2.45, 2.75) is 26.6 Å². The maximum Gasteiger partial charge on any atom is 0.0240 e. The van der Waals surface area contributed by atoms with Crippen LogP contribution in [0.5, 0.6) is 0 Å². The summed E-state index contributed by atoms with van der Waals surface area (Å²) in [6, 6.07) is 7.11. The predicted octanol–water partition coefficient (Wildman–Crippen LogP) is 1.77. The molecule has 3 heteroatoms. The second-order valence-electron chi connectivity index (χ2n) is 5.99. The highest BCUT2D eigenvalue weighted by Crippen LogP contribution is 2.24. The molecule has 0 amide bonds. The molecule has 2 aliphatic heterocycles. The van der Waals surface area contributed by atoms with Crippen LogP contribution < -0.4 is 0 Å². The van der Waals surface area contributed by atoms with Crippen LogP contribution in [0.1, 0.15) is 23.6 Å². The first kappa shape index (κ1) is 13.1. The summed E-state index contributed by atoms with van der Waals surface area (Å²) in [5.41, 5.74) is 4.57. The quantitative estimate of drug-likeness (QED) is 0.819. The molecule has 1 saturated heterocycles. The van der Waals surface area contributed by atoms with Crippen LogP contribution >= 0.6 is 0 Å². The molecule has 19 heavy (non-hydrogen) atoms. The molecular weight excluding hydrogens is 234 g/mol. The van der Waals surface area contributed by atoms with Gasteiger partial charge in [-0.2, -0.15) is 0 Å². The van der Waals surface area contributed by atoms with Crippen LogP contribution in [0.4, 0.5) is 0 Å². The average molecular weight is 259 g/mol. The molecule has 104 valence electrons. The number of hydrogen-bond acceptors (Lipinski definition) is 3. The SMILES string of the molecule is CCN1Cc2ccc(CN3CCN(C)CC3)cc2C1. The van der Waals surface area contributed by atoms with E-state index in [1.807, 2.05) is 0 Å². The molecule has 0 atom stereocenters. The normalized spacial score (nSPS) is 21.8. The highest BCUT2D eigenvalue weighted by molar-refractivity contribution is 5.34. The second-order valence-corrected chi connectivity index (χ2v) is 5.99. The molecule has 0 N–H and O–H groups in total. The van der Waals surface area contributed by atoms with E-state index in [9.17, 15) is 0 Å². The van der Waals surface area contributed by atoms with Gasteiger partial charge in [-0.05, 0) is 30.3 Å². The third kappa shape index (κ3) is 2.99. The van der Waals surface area contributed by atoms with Gasteiger partial charge in [0.1, 0.15) is 0 Å². The molecule has 0 unspecified atom stereocenters. The lowest BCUT2D eigenvalue weighted by Crippen LogP contribution is -2.43. The van der Waals surface area contributed by atoms with Crippen molar-refractivity contribution in [3.63, 3.8) is 0 Å². The van der Waals surface area contributed by atoms with E-state index in [4.69, 9.17) is 0 Å². The Bertz CT molecular complexity index is 436. The summed E-state index contributed by atoms with van der Waals surface area (Å²) in [5, 5.41) is 0. The van der Waals surface area contributed by atoms with Crippen LogP contribution in [0.3, 0.4) is 0 Å². The number of nitrogens with zero attached hydrogens (tertiary/aromatic N) is 3. The van der Waals surface area contributed by atoms with E-state index in [-0.39, 0.29) is 0 Å². The Kier molecular flexibility index (Phi) is 3.87. The molecule has 2 heterocycles. The van der Waals surface area contributed by atoms with Crippen molar-refractivity contribution in [2.75, 3.05) is 39.8 Å². The Labute approximate surface area is 116 Å². The molecule has 1 fully saturated rings. The van der Waals surface area contributed by atoms with Gasteiger partial charge in [-0.3, -0.25) is 9.80 Å². The van der Waals surface area contributed by atoms with Crippen molar-refractivity contribution in [2.24, 2.45) is 0 Å². The lowest BCUT2D eigenvalue weighted by Gasteiger charge is -2.32. The zero-order chi connectivity index (χ0) is 13.2. The molecule has 0 radical (unpaired) electrons. The van der Waals surface area contributed by atoms with Gasteiger partial charge in [-0.1, -0.05) is 25.1 Å². The number of hydrogen-bond donors (Lipinski definition) is 0. The molecule has 0 spiro atoms. The van der Waals surface area contributed by atoms with Gasteiger partial charge in [-0.15, -0.1) is 0 Å². The van der Waals surface area contributed by atoms with Gasteiger partial charge in [0.05, 0.1) is 0 Å². The van der Waals surface area contributed by atoms with Crippen LogP contribution in [0.2, 0.25) is 0 Å². The van der Waals surface area contributed by atoms with Crippen molar-refractivity contribution in [3.05, 3.63) is 34.9 Å². The van der Waals surface area contributed by atoms with Gasteiger partial charge in [0.2, 0.25) is 0 Å². The van der Waals surface area contributed by atoms with Crippen LogP contribution in [0.15, 0.2) is 18.2 Å². The van der Waals surface area contributed by atoms with Crippen LogP contribution in [0, 0.1) is 0 Å². The Balaban J connectivity index is 1.64. The van der Waals surface area contributed by atoms with Crippen molar-refractivity contribution in [1.82, 2.24) is 14.7 Å². The van der Waals surface area contributed by atoms with E-state index in [1.54, 1.807) is 5.56 Å². The fraction of sp³-hybridized carbons (Fsp3) is 0.625. The smallest absolute Gasteiger partial charge is 0.0240 e. The third-order valence-electron chi connectivity index (χ3n) is 4.51. The zero-order valence-electron chi connectivity index (χ0n) is 12.2. The van der Waals surface area contributed by atoms with E-state index in [0.717, 1.165) is 26.2 Å². The second kappa shape index (κ2) is 5.61. The van der Waals surface area contributed by atoms with Gasteiger partial charge in [-0.25, -0.2) is 0 Å². The monoisotopic (exact) mass is 259 g/mol. The average Bonchev–Trinajstić information content (AvgIpc) is 2.83. The summed E-state index contributed by atoms with van der Waals surface area (Å²) >= 11 is 0. The van der Waals surface area contributed by atoms with Crippen LogP contribution in [-0.2, 0) is 19.6 Å². The van der Waals surface area contributed by atoms with Gasteiger partial charge < -0.3 is 4.90 Å². The van der Waals surface area contributed by atoms with E-state index < -0.39 is 0 Å². The Morgan fingerprint density at radius 2 is 1.68 bits per heavy atom. The number of piperazine rings is 1. The van der Waals surface area contributed by atoms with Crippen LogP contribution in [-0.4, -0.2) is 54.5 Å². The minimum atomic E-state index is 1.12. The van der Waals surface area contributed by atoms with E-state index in [0.29, 0.717) is 0 Å². The third-order valence-corrected chi connectivity index (χ3v) is 4.51. The van der Waals surface area contributed by atoms with E-state index in [2.05, 4.69) is 46.9 Å². The first-order valence-electron chi connectivity index (χ1n) is 7.48. The molecule has 0 saturated carbocycles. The fourth-order valence-electron chi connectivity index (χ4n) is 3.10. The highest BCUT2D eigenvalue weighted by Gasteiger charge is 2.19. The molecule has 0 aromatic heterocycles. The van der Waals surface area contributed by atoms with E-state index >= 15 is 0 Å². The van der Waals surface area contributed by atoms with Crippen LogP contribution in [0.25, 0.3) is 0 Å². The molecule has 3 nitrogen and oxygen atoms in total. The van der Waals surface area contributed by atoms with Gasteiger partial charge in [0.25, 0.3) is 0 Å². The maximum absolute atomic E-state index is 2.58. The minimum absolute atomic E-state index is 1.12. The predicted molar refractivity (Wildman–Crippen MR) is 79.0 cm³/mol. The Morgan fingerprint density at radius 1 is 0.947 bits per heavy atom. The zero-order valence-corrected chi connectivity index (χ0v) is 12.2. The number of fused-ring (bicyclic) bond motifs is 1. The molecule has 1 aromatic carbocycles. The summed E-state index contributed by atoms with van der Waals surface area (Å²) in [4.78, 5) is 7.50. The lowest BCUT2D eigenvalue weighted by molar-refractivity contribution is 0.148. The first-order valence-corrected chi connectivity index (χ1v) is 7.48. The van der Waals surface area contributed by atoms with Crippen molar-refractivity contribution >= 4 is 0 Å². The van der Waals surface area contributed by atoms with Gasteiger partial charge in [0.15, 0.2) is 0 Å². The summed E-state index contributed by atoms with van der Waals surface area (Å²) in [5.74, 6) is 0. The van der Waals surface area contributed by atoms with E-state index in [1.165, 1.54) is 37.3 Å². The summed E-state index contributed by atoms with van der Waals surface area (Å²) in [7, 11) is 2.21. The Hall–Kier alpha value is -0.900. The maximum atomic E-state index is 2.58. The van der Waals surface area contributed by atoms with Gasteiger partial charge >= 0.3 is 0 Å². The largest absolute Gasteiger partial charge is 0.304 e. The number of rotatable bonds is 3. The lowest BCUT2D eigenvalue weighted by atomic mass is 10.1. The molecule has 1 aromatic rings. The Morgan fingerprint density at radius 3 is 2.42 bits per heavy atom. The first-order chi connectivity index (χ1) is 9.24. The minimum Gasteiger partial charge on any atom is -0.304 e. The number of likely N-dealkylation sites (N-methyl/N-ethyl adjacent to an activating group) is 1. The van der Waals surface area contributed by atoms with Crippen molar-refractivity contribution in [3.8, 4) is 0 Å². The molecule has 0 bridgehead atoms. The molecule has 3 rings (SSSR count). The number of benzene rings is 1. The standard InChI is InChI=1S/C16H25N3/c1-3-18-12-15-5-4-14(10-16(15)13-18)11-19-8-6-17(2)7-9-19/h4-5,10H,3,6-9,11-13H2,1-2H3. The van der Waals surface area contributed by atoms with Crippen molar-refractivity contribution < 1.29 is 0 Å². The molecule has 2 aliphatic rings. The highest BCUT2D eigenvalue weighted by atomic mass is 15.2. The molecular formula is C16H25N3. The fourth-order valence-corrected chi connectivity index (χ4v) is 3.10.